The summed E-state index contributed by atoms with van der Waals surface area (Å²) < 4.78 is 5.43. The number of hydrogen-bond donors (Lipinski definition) is 1. The first kappa shape index (κ1) is 23.2. The molecule has 2 amide bonds. The second kappa shape index (κ2) is 9.60. The highest BCUT2D eigenvalue weighted by Gasteiger charge is 2.28. The maximum atomic E-state index is 13.6. The number of nitrogens with one attached hydrogen (secondary N) is 1. The molecule has 1 fully saturated rings. The van der Waals surface area contributed by atoms with Crippen molar-refractivity contribution in [2.75, 3.05) is 31.6 Å². The maximum absolute atomic E-state index is 13.6. The summed E-state index contributed by atoms with van der Waals surface area (Å²) >= 11 is 1.44. The number of benzene rings is 2. The first-order valence-corrected chi connectivity index (χ1v) is 12.5. The number of pyridine rings is 1. The van der Waals surface area contributed by atoms with Crippen molar-refractivity contribution in [3.8, 4) is 10.4 Å². The summed E-state index contributed by atoms with van der Waals surface area (Å²) in [5.41, 5.74) is 5.55. The number of thiophene rings is 1. The SMILES string of the molecule is Cc1ccc2nc(C)c(C(=O)Nc3sc(-c4ccccc4)c(C)c3C(=O)N3CCOCC3)cc2c1. The Morgan fingerprint density at radius 2 is 1.74 bits per heavy atom. The number of amides is 2. The first-order chi connectivity index (χ1) is 16.9. The predicted octanol–water partition coefficient (Wildman–Crippen LogP) is 5.61. The molecule has 0 saturated carbocycles. The fourth-order valence-corrected chi connectivity index (χ4v) is 5.64. The van der Waals surface area contributed by atoms with Gasteiger partial charge >= 0.3 is 0 Å². The van der Waals surface area contributed by atoms with Gasteiger partial charge in [0.15, 0.2) is 0 Å². The normalized spacial score (nSPS) is 13.7. The van der Waals surface area contributed by atoms with Gasteiger partial charge in [0.2, 0.25) is 0 Å². The van der Waals surface area contributed by atoms with E-state index in [1.165, 1.54) is 11.3 Å². The molecule has 1 aliphatic heterocycles. The Hall–Kier alpha value is -3.55. The molecule has 5 rings (SSSR count). The molecule has 0 spiro atoms. The van der Waals surface area contributed by atoms with Crippen LogP contribution in [0.25, 0.3) is 21.3 Å². The van der Waals surface area contributed by atoms with Gasteiger partial charge in [0.25, 0.3) is 11.8 Å². The van der Waals surface area contributed by atoms with Gasteiger partial charge in [-0.3, -0.25) is 14.6 Å². The number of rotatable bonds is 4. The van der Waals surface area contributed by atoms with Crippen molar-refractivity contribution in [1.29, 1.82) is 0 Å². The molecule has 3 heterocycles. The van der Waals surface area contributed by atoms with Crippen LogP contribution in [0.5, 0.6) is 0 Å². The largest absolute Gasteiger partial charge is 0.378 e. The van der Waals surface area contributed by atoms with Crippen molar-refractivity contribution in [1.82, 2.24) is 9.88 Å². The second-order valence-corrected chi connectivity index (χ2v) is 9.82. The highest BCUT2D eigenvalue weighted by molar-refractivity contribution is 7.20. The molecule has 1 saturated heterocycles. The lowest BCUT2D eigenvalue weighted by Crippen LogP contribution is -2.41. The summed E-state index contributed by atoms with van der Waals surface area (Å²) in [4.78, 5) is 34.5. The van der Waals surface area contributed by atoms with Crippen molar-refractivity contribution in [2.45, 2.75) is 20.8 Å². The zero-order valence-electron chi connectivity index (χ0n) is 20.1. The molecule has 1 N–H and O–H groups in total. The van der Waals surface area contributed by atoms with Crippen LogP contribution in [0, 0.1) is 20.8 Å². The number of carbonyl (C=O) groups is 2. The molecular weight excluding hydrogens is 458 g/mol. The number of anilines is 1. The number of aryl methyl sites for hydroxylation is 2. The van der Waals surface area contributed by atoms with E-state index in [2.05, 4.69) is 10.3 Å². The Morgan fingerprint density at radius 1 is 1.00 bits per heavy atom. The van der Waals surface area contributed by atoms with E-state index in [1.54, 1.807) is 4.90 Å². The molecule has 178 valence electrons. The Bertz CT molecular complexity index is 1420. The van der Waals surface area contributed by atoms with Crippen LogP contribution in [0.4, 0.5) is 5.00 Å². The lowest BCUT2D eigenvalue weighted by Gasteiger charge is -2.27. The Morgan fingerprint density at radius 3 is 2.49 bits per heavy atom. The lowest BCUT2D eigenvalue weighted by atomic mass is 10.0. The molecule has 0 atom stereocenters. The molecular formula is C28H27N3O3S. The standard InChI is InChI=1S/C28H27N3O3S/c1-17-9-10-23-21(15-17)16-22(19(3)29-23)26(32)30-27-24(28(33)31-11-13-34-14-12-31)18(2)25(35-27)20-7-5-4-6-8-20/h4-10,15-16H,11-14H2,1-3H3,(H,30,32). The number of aromatic nitrogens is 1. The van der Waals surface area contributed by atoms with Crippen LogP contribution in [-0.2, 0) is 4.74 Å². The molecule has 7 heteroatoms. The highest BCUT2D eigenvalue weighted by atomic mass is 32.1. The molecule has 35 heavy (non-hydrogen) atoms. The average molecular weight is 486 g/mol. The monoisotopic (exact) mass is 485 g/mol. The van der Waals surface area contributed by atoms with Crippen molar-refractivity contribution in [3.63, 3.8) is 0 Å². The van der Waals surface area contributed by atoms with Gasteiger partial charge in [-0.2, -0.15) is 0 Å². The summed E-state index contributed by atoms with van der Waals surface area (Å²) in [5, 5.41) is 4.53. The van der Waals surface area contributed by atoms with Gasteiger partial charge in [0, 0.05) is 23.4 Å². The average Bonchev–Trinajstić information content (AvgIpc) is 3.19. The molecule has 2 aromatic heterocycles. The number of morpholine rings is 1. The van der Waals surface area contributed by atoms with Crippen LogP contribution >= 0.6 is 11.3 Å². The van der Waals surface area contributed by atoms with E-state index in [1.807, 2.05) is 75.4 Å². The molecule has 0 radical (unpaired) electrons. The molecule has 6 nitrogen and oxygen atoms in total. The second-order valence-electron chi connectivity index (χ2n) is 8.80. The minimum Gasteiger partial charge on any atom is -0.378 e. The van der Waals surface area contributed by atoms with Crippen LogP contribution in [-0.4, -0.2) is 48.0 Å². The van der Waals surface area contributed by atoms with Gasteiger partial charge in [-0.1, -0.05) is 42.0 Å². The Balaban J connectivity index is 1.55. The molecule has 0 unspecified atom stereocenters. The number of fused-ring (bicyclic) bond motifs is 1. The Labute approximate surface area is 208 Å². The summed E-state index contributed by atoms with van der Waals surface area (Å²) in [5.74, 6) is -0.348. The van der Waals surface area contributed by atoms with Gasteiger partial charge in [-0.25, -0.2) is 0 Å². The van der Waals surface area contributed by atoms with Gasteiger partial charge in [-0.05, 0) is 50.1 Å². The smallest absolute Gasteiger partial charge is 0.258 e. The summed E-state index contributed by atoms with van der Waals surface area (Å²) in [7, 11) is 0. The zero-order valence-corrected chi connectivity index (χ0v) is 20.9. The van der Waals surface area contributed by atoms with Gasteiger partial charge in [-0.15, -0.1) is 11.3 Å². The van der Waals surface area contributed by atoms with Gasteiger partial charge in [0.05, 0.1) is 35.6 Å². The number of carbonyl (C=O) groups excluding carboxylic acids is 2. The van der Waals surface area contributed by atoms with E-state index in [0.717, 1.165) is 32.5 Å². The lowest BCUT2D eigenvalue weighted by molar-refractivity contribution is 0.0303. The fraction of sp³-hybridized carbons (Fsp3) is 0.250. The molecule has 0 aliphatic carbocycles. The summed E-state index contributed by atoms with van der Waals surface area (Å²) in [6.07, 6.45) is 0. The van der Waals surface area contributed by atoms with Gasteiger partial charge < -0.3 is 15.0 Å². The van der Waals surface area contributed by atoms with E-state index >= 15 is 0 Å². The minimum absolute atomic E-state index is 0.0801. The van der Waals surface area contributed by atoms with Crippen LogP contribution in [0.15, 0.2) is 54.6 Å². The fourth-order valence-electron chi connectivity index (χ4n) is 4.44. The van der Waals surface area contributed by atoms with E-state index in [0.29, 0.717) is 48.1 Å². The third-order valence-electron chi connectivity index (χ3n) is 6.33. The number of hydrogen-bond acceptors (Lipinski definition) is 5. The molecule has 2 aromatic carbocycles. The van der Waals surface area contributed by atoms with E-state index in [-0.39, 0.29) is 11.8 Å². The topological polar surface area (TPSA) is 71.5 Å². The molecule has 1 aliphatic rings. The third-order valence-corrected chi connectivity index (χ3v) is 7.58. The predicted molar refractivity (Wildman–Crippen MR) is 140 cm³/mol. The molecule has 0 bridgehead atoms. The van der Waals surface area contributed by atoms with Crippen molar-refractivity contribution in [3.05, 3.63) is 82.5 Å². The summed E-state index contributed by atoms with van der Waals surface area (Å²) in [6.45, 7) is 7.91. The van der Waals surface area contributed by atoms with E-state index in [9.17, 15) is 9.59 Å². The van der Waals surface area contributed by atoms with Crippen LogP contribution < -0.4 is 5.32 Å². The van der Waals surface area contributed by atoms with Crippen molar-refractivity contribution < 1.29 is 14.3 Å². The van der Waals surface area contributed by atoms with Crippen LogP contribution in [0.2, 0.25) is 0 Å². The van der Waals surface area contributed by atoms with E-state index < -0.39 is 0 Å². The van der Waals surface area contributed by atoms with Crippen molar-refractivity contribution >= 4 is 39.1 Å². The maximum Gasteiger partial charge on any atom is 0.258 e. The third kappa shape index (κ3) is 4.57. The van der Waals surface area contributed by atoms with Crippen LogP contribution in [0.3, 0.4) is 0 Å². The molecule has 4 aromatic rings. The van der Waals surface area contributed by atoms with Gasteiger partial charge in [0.1, 0.15) is 5.00 Å². The Kier molecular flexibility index (Phi) is 6.36. The van der Waals surface area contributed by atoms with Crippen molar-refractivity contribution in [2.24, 2.45) is 0 Å². The summed E-state index contributed by atoms with van der Waals surface area (Å²) in [6, 6.07) is 17.8. The van der Waals surface area contributed by atoms with E-state index in [4.69, 9.17) is 4.74 Å². The highest BCUT2D eigenvalue weighted by Crippen LogP contribution is 2.41. The number of nitrogens with zero attached hydrogens (tertiary/aromatic N) is 2. The van der Waals surface area contributed by atoms with Crippen LogP contribution in [0.1, 0.15) is 37.5 Å². The first-order valence-electron chi connectivity index (χ1n) is 11.7. The zero-order chi connectivity index (χ0) is 24.5. The minimum atomic E-state index is -0.268. The number of ether oxygens (including phenoxy) is 1. The quantitative estimate of drug-likeness (QED) is 0.408.